The number of hydrogen-bond donors (Lipinski definition) is 2. The van der Waals surface area contributed by atoms with Crippen molar-refractivity contribution in [2.24, 2.45) is 0 Å². The molecule has 0 spiro atoms. The van der Waals surface area contributed by atoms with Gasteiger partial charge >= 0.3 is 0 Å². The summed E-state index contributed by atoms with van der Waals surface area (Å²) in [7, 11) is 0. The Kier molecular flexibility index (Phi) is 3.05. The summed E-state index contributed by atoms with van der Waals surface area (Å²) >= 11 is 1.78. The number of aryl methyl sites for hydroxylation is 1. The van der Waals surface area contributed by atoms with E-state index in [1.165, 1.54) is 16.1 Å². The standard InChI is InChI=1S/C11H14N4S/c1-7-3-4-9(16-7)8(2)15-11-5-10(12)13-6-14-11/h3-6,8H,1-2H3,(H3,12,13,14,15). The molecule has 5 heteroatoms. The SMILES string of the molecule is Cc1ccc(C(C)Nc2cc(N)ncn2)s1. The molecule has 1 atom stereocenters. The molecule has 0 bridgehead atoms. The molecule has 0 saturated heterocycles. The van der Waals surface area contributed by atoms with Crippen LogP contribution in [0.4, 0.5) is 11.6 Å². The molecule has 1 unspecified atom stereocenters. The minimum absolute atomic E-state index is 0.230. The second-order valence-corrected chi connectivity index (χ2v) is 4.96. The number of thiophene rings is 1. The molecular formula is C11H14N4S. The molecule has 0 aliphatic heterocycles. The van der Waals surface area contributed by atoms with Gasteiger partial charge in [-0.3, -0.25) is 0 Å². The number of rotatable bonds is 3. The Balaban J connectivity index is 2.10. The van der Waals surface area contributed by atoms with E-state index < -0.39 is 0 Å². The van der Waals surface area contributed by atoms with Crippen LogP contribution in [0.2, 0.25) is 0 Å². The third kappa shape index (κ3) is 2.49. The Morgan fingerprint density at radius 1 is 1.38 bits per heavy atom. The van der Waals surface area contributed by atoms with Gasteiger partial charge in [0.15, 0.2) is 0 Å². The van der Waals surface area contributed by atoms with Crippen molar-refractivity contribution < 1.29 is 0 Å². The Hall–Kier alpha value is -1.62. The molecule has 2 heterocycles. The number of nitrogens with zero attached hydrogens (tertiary/aromatic N) is 2. The summed E-state index contributed by atoms with van der Waals surface area (Å²) in [6.45, 7) is 4.20. The van der Waals surface area contributed by atoms with E-state index in [0.29, 0.717) is 5.82 Å². The molecule has 2 rings (SSSR count). The second-order valence-electron chi connectivity index (χ2n) is 3.64. The first-order valence-corrected chi connectivity index (χ1v) is 5.87. The van der Waals surface area contributed by atoms with Gasteiger partial charge in [0, 0.05) is 15.8 Å². The Morgan fingerprint density at radius 3 is 2.81 bits per heavy atom. The summed E-state index contributed by atoms with van der Waals surface area (Å²) in [6.07, 6.45) is 1.46. The number of aromatic nitrogens is 2. The van der Waals surface area contributed by atoms with E-state index >= 15 is 0 Å². The molecule has 4 nitrogen and oxygen atoms in total. The van der Waals surface area contributed by atoms with Crippen molar-refractivity contribution in [3.63, 3.8) is 0 Å². The molecule has 0 aromatic carbocycles. The van der Waals surface area contributed by atoms with Gasteiger partial charge in [0.2, 0.25) is 0 Å². The molecule has 0 aliphatic rings. The highest BCUT2D eigenvalue weighted by Gasteiger charge is 2.08. The zero-order valence-corrected chi connectivity index (χ0v) is 10.1. The van der Waals surface area contributed by atoms with Crippen LogP contribution in [-0.2, 0) is 0 Å². The van der Waals surface area contributed by atoms with Gasteiger partial charge in [-0.1, -0.05) is 0 Å². The first-order valence-electron chi connectivity index (χ1n) is 5.05. The number of nitrogens with one attached hydrogen (secondary N) is 1. The topological polar surface area (TPSA) is 63.8 Å². The molecule has 3 N–H and O–H groups in total. The monoisotopic (exact) mass is 234 g/mol. The Labute approximate surface area is 98.6 Å². The van der Waals surface area contributed by atoms with Crippen LogP contribution in [0, 0.1) is 6.92 Å². The zero-order valence-electron chi connectivity index (χ0n) is 9.27. The van der Waals surface area contributed by atoms with Crippen LogP contribution in [0.3, 0.4) is 0 Å². The van der Waals surface area contributed by atoms with E-state index in [0.717, 1.165) is 5.82 Å². The van der Waals surface area contributed by atoms with Crippen molar-refractivity contribution >= 4 is 23.0 Å². The molecule has 0 saturated carbocycles. The summed E-state index contributed by atoms with van der Waals surface area (Å²) in [4.78, 5) is 10.6. The summed E-state index contributed by atoms with van der Waals surface area (Å²) in [5.74, 6) is 1.23. The van der Waals surface area contributed by atoms with Gasteiger partial charge in [-0.25, -0.2) is 9.97 Å². The first kappa shape index (κ1) is 10.9. The average molecular weight is 234 g/mol. The fraction of sp³-hybridized carbons (Fsp3) is 0.273. The number of hydrogen-bond acceptors (Lipinski definition) is 5. The normalized spacial score (nSPS) is 12.4. The van der Waals surface area contributed by atoms with Crippen LogP contribution in [0.25, 0.3) is 0 Å². The van der Waals surface area contributed by atoms with E-state index in [4.69, 9.17) is 5.73 Å². The minimum atomic E-state index is 0.230. The molecule has 0 amide bonds. The summed E-state index contributed by atoms with van der Waals surface area (Å²) in [6, 6.07) is 6.21. The lowest BCUT2D eigenvalue weighted by molar-refractivity contribution is 0.894. The quantitative estimate of drug-likeness (QED) is 0.856. The van der Waals surface area contributed by atoms with Gasteiger partial charge < -0.3 is 11.1 Å². The first-order chi connectivity index (χ1) is 7.65. The van der Waals surface area contributed by atoms with Crippen molar-refractivity contribution in [1.82, 2.24) is 9.97 Å². The molecule has 0 aliphatic carbocycles. The highest BCUT2D eigenvalue weighted by Crippen LogP contribution is 2.25. The third-order valence-electron chi connectivity index (χ3n) is 2.24. The van der Waals surface area contributed by atoms with Crippen LogP contribution < -0.4 is 11.1 Å². The second kappa shape index (κ2) is 4.49. The van der Waals surface area contributed by atoms with Crippen molar-refractivity contribution in [2.45, 2.75) is 19.9 Å². The maximum atomic E-state index is 5.59. The third-order valence-corrected chi connectivity index (χ3v) is 3.42. The molecule has 0 fully saturated rings. The summed E-state index contributed by atoms with van der Waals surface area (Å²) < 4.78 is 0. The van der Waals surface area contributed by atoms with Crippen LogP contribution in [0.15, 0.2) is 24.5 Å². The van der Waals surface area contributed by atoms with Gasteiger partial charge in [0.25, 0.3) is 0 Å². The van der Waals surface area contributed by atoms with Crippen LogP contribution in [-0.4, -0.2) is 9.97 Å². The maximum absolute atomic E-state index is 5.59. The van der Waals surface area contributed by atoms with Crippen molar-refractivity contribution in [3.05, 3.63) is 34.3 Å². The van der Waals surface area contributed by atoms with Crippen molar-refractivity contribution in [1.29, 1.82) is 0 Å². The van der Waals surface area contributed by atoms with E-state index in [1.54, 1.807) is 17.4 Å². The predicted octanol–water partition coefficient (Wildman–Crippen LogP) is 2.60. The highest BCUT2D eigenvalue weighted by molar-refractivity contribution is 7.12. The zero-order chi connectivity index (χ0) is 11.5. The molecule has 0 radical (unpaired) electrons. The smallest absolute Gasteiger partial charge is 0.131 e. The number of nitrogens with two attached hydrogens (primary N) is 1. The molecule has 16 heavy (non-hydrogen) atoms. The predicted molar refractivity (Wildman–Crippen MR) is 67.5 cm³/mol. The van der Waals surface area contributed by atoms with Gasteiger partial charge in [-0.2, -0.15) is 0 Å². The van der Waals surface area contributed by atoms with Crippen LogP contribution >= 0.6 is 11.3 Å². The molecule has 2 aromatic heterocycles. The fourth-order valence-corrected chi connectivity index (χ4v) is 2.31. The van der Waals surface area contributed by atoms with Gasteiger partial charge in [-0.05, 0) is 26.0 Å². The lowest BCUT2D eigenvalue weighted by Crippen LogP contribution is -2.07. The van der Waals surface area contributed by atoms with Crippen LogP contribution in [0.1, 0.15) is 22.7 Å². The van der Waals surface area contributed by atoms with E-state index in [2.05, 4.69) is 41.3 Å². The molecule has 84 valence electrons. The average Bonchev–Trinajstić information content (AvgIpc) is 2.65. The van der Waals surface area contributed by atoms with E-state index in [-0.39, 0.29) is 6.04 Å². The number of nitrogen functional groups attached to an aromatic ring is 1. The van der Waals surface area contributed by atoms with Crippen molar-refractivity contribution in [3.8, 4) is 0 Å². The minimum Gasteiger partial charge on any atom is -0.384 e. The Bertz CT molecular complexity index is 480. The lowest BCUT2D eigenvalue weighted by atomic mass is 10.2. The Morgan fingerprint density at radius 2 is 2.19 bits per heavy atom. The van der Waals surface area contributed by atoms with Crippen molar-refractivity contribution in [2.75, 3.05) is 11.1 Å². The number of anilines is 2. The summed E-state index contributed by atoms with van der Waals surface area (Å²) in [5, 5.41) is 3.29. The van der Waals surface area contributed by atoms with Gasteiger partial charge in [0.1, 0.15) is 18.0 Å². The van der Waals surface area contributed by atoms with E-state index in [1.807, 2.05) is 0 Å². The largest absolute Gasteiger partial charge is 0.384 e. The molecule has 2 aromatic rings. The summed E-state index contributed by atoms with van der Waals surface area (Å²) in [5.41, 5.74) is 5.59. The molecular weight excluding hydrogens is 220 g/mol. The maximum Gasteiger partial charge on any atom is 0.131 e. The fourth-order valence-electron chi connectivity index (χ4n) is 1.43. The lowest BCUT2D eigenvalue weighted by Gasteiger charge is -2.12. The van der Waals surface area contributed by atoms with Crippen LogP contribution in [0.5, 0.6) is 0 Å². The van der Waals surface area contributed by atoms with Gasteiger partial charge in [0.05, 0.1) is 6.04 Å². The highest BCUT2D eigenvalue weighted by atomic mass is 32.1. The van der Waals surface area contributed by atoms with Gasteiger partial charge in [-0.15, -0.1) is 11.3 Å². The van der Waals surface area contributed by atoms with E-state index in [9.17, 15) is 0 Å².